The molecule has 0 aliphatic carbocycles. The molecule has 0 spiro atoms. The molecule has 68 heavy (non-hydrogen) atoms. The Labute approximate surface area is 418 Å². The molecular weight excluding hydrogens is 841 g/mol. The van der Waals surface area contributed by atoms with Crippen molar-refractivity contribution in [1.82, 2.24) is 0 Å². The van der Waals surface area contributed by atoms with Gasteiger partial charge < -0.3 is 14.2 Å². The molecule has 1 unspecified atom stereocenters. The van der Waals surface area contributed by atoms with Crippen molar-refractivity contribution in [2.24, 2.45) is 0 Å². The first-order valence-electron chi connectivity index (χ1n) is 27.6. The Morgan fingerprint density at radius 1 is 0.324 bits per heavy atom. The predicted octanol–water partition coefficient (Wildman–Crippen LogP) is 18.5. The zero-order valence-electron chi connectivity index (χ0n) is 43.8. The summed E-state index contributed by atoms with van der Waals surface area (Å²) in [7, 11) is 0. The van der Waals surface area contributed by atoms with Gasteiger partial charge in [0.1, 0.15) is 13.2 Å². The van der Waals surface area contributed by atoms with Crippen LogP contribution in [0.25, 0.3) is 0 Å². The van der Waals surface area contributed by atoms with Crippen molar-refractivity contribution in [1.29, 1.82) is 0 Å². The third-order valence-electron chi connectivity index (χ3n) is 11.3. The second-order valence-electron chi connectivity index (χ2n) is 17.9. The first-order chi connectivity index (χ1) is 33.5. The van der Waals surface area contributed by atoms with E-state index in [1.165, 1.54) is 64.2 Å². The van der Waals surface area contributed by atoms with Crippen LogP contribution in [0.4, 0.5) is 0 Å². The molecule has 6 nitrogen and oxygen atoms in total. The van der Waals surface area contributed by atoms with Crippen LogP contribution in [-0.4, -0.2) is 37.2 Å². The van der Waals surface area contributed by atoms with E-state index >= 15 is 0 Å². The molecule has 0 aliphatic heterocycles. The number of hydrogen-bond acceptors (Lipinski definition) is 6. The topological polar surface area (TPSA) is 78.9 Å². The number of allylic oxidation sites excluding steroid dienone is 20. The number of esters is 3. The van der Waals surface area contributed by atoms with Crippen LogP contribution >= 0.6 is 0 Å². The molecule has 0 heterocycles. The molecule has 0 radical (unpaired) electrons. The van der Waals surface area contributed by atoms with Crippen LogP contribution in [0.2, 0.25) is 0 Å². The molecular formula is C62H100O6. The van der Waals surface area contributed by atoms with E-state index in [0.29, 0.717) is 19.3 Å². The molecule has 384 valence electrons. The average Bonchev–Trinajstić information content (AvgIpc) is 3.34. The van der Waals surface area contributed by atoms with Gasteiger partial charge in [-0.15, -0.1) is 0 Å². The minimum absolute atomic E-state index is 0.101. The minimum Gasteiger partial charge on any atom is -0.462 e. The number of ether oxygens (including phenoxy) is 3. The van der Waals surface area contributed by atoms with Crippen LogP contribution in [-0.2, 0) is 28.6 Å². The molecule has 6 heteroatoms. The van der Waals surface area contributed by atoms with Crippen LogP contribution in [0.5, 0.6) is 0 Å². The summed E-state index contributed by atoms with van der Waals surface area (Å²) in [6, 6.07) is 0. The molecule has 0 aromatic carbocycles. The lowest BCUT2D eigenvalue weighted by Gasteiger charge is -2.18. The Balaban J connectivity index is 4.47. The highest BCUT2D eigenvalue weighted by Crippen LogP contribution is 2.14. The quantitative estimate of drug-likeness (QED) is 0.0199. The van der Waals surface area contributed by atoms with Crippen molar-refractivity contribution in [3.05, 3.63) is 122 Å². The zero-order valence-corrected chi connectivity index (χ0v) is 43.8. The van der Waals surface area contributed by atoms with Gasteiger partial charge in [0.15, 0.2) is 6.10 Å². The van der Waals surface area contributed by atoms with E-state index in [-0.39, 0.29) is 31.1 Å². The number of carbonyl (C=O) groups is 3. The first-order valence-corrected chi connectivity index (χ1v) is 27.6. The summed E-state index contributed by atoms with van der Waals surface area (Å²) < 4.78 is 16.8. The Hall–Kier alpha value is -4.19. The molecule has 1 atom stereocenters. The summed E-state index contributed by atoms with van der Waals surface area (Å²) in [5.41, 5.74) is 0. The molecule has 0 rings (SSSR count). The SMILES string of the molecule is CC\C=C/C=C\C=C/CCCCCCCC(=O)OCC(COC(=O)CCCCCCCCCCC/C=C\C/C=C\C/C=C\CC)OC(=O)CCCCCCC\C=C/C=C\C=C/C=C\CCCCC. The van der Waals surface area contributed by atoms with Gasteiger partial charge in [-0.25, -0.2) is 0 Å². The van der Waals surface area contributed by atoms with E-state index in [1.54, 1.807) is 0 Å². The van der Waals surface area contributed by atoms with Gasteiger partial charge in [-0.1, -0.05) is 239 Å². The molecule has 0 saturated heterocycles. The van der Waals surface area contributed by atoms with Crippen molar-refractivity contribution in [3.8, 4) is 0 Å². The van der Waals surface area contributed by atoms with E-state index in [4.69, 9.17) is 14.2 Å². The monoisotopic (exact) mass is 941 g/mol. The van der Waals surface area contributed by atoms with Gasteiger partial charge in [0.2, 0.25) is 0 Å². The Kier molecular flexibility index (Phi) is 52.0. The predicted molar refractivity (Wildman–Crippen MR) is 293 cm³/mol. The van der Waals surface area contributed by atoms with Gasteiger partial charge in [0, 0.05) is 19.3 Å². The van der Waals surface area contributed by atoms with Crippen molar-refractivity contribution in [2.75, 3.05) is 13.2 Å². The molecule has 0 aliphatic rings. The lowest BCUT2D eigenvalue weighted by atomic mass is 10.1. The lowest BCUT2D eigenvalue weighted by molar-refractivity contribution is -0.167. The van der Waals surface area contributed by atoms with E-state index in [2.05, 4.69) is 142 Å². The smallest absolute Gasteiger partial charge is 0.306 e. The van der Waals surface area contributed by atoms with Gasteiger partial charge in [-0.3, -0.25) is 14.4 Å². The maximum absolute atomic E-state index is 12.8. The van der Waals surface area contributed by atoms with E-state index in [0.717, 1.165) is 128 Å². The minimum atomic E-state index is -0.805. The maximum Gasteiger partial charge on any atom is 0.306 e. The summed E-state index contributed by atoms with van der Waals surface area (Å²) >= 11 is 0. The fourth-order valence-corrected chi connectivity index (χ4v) is 7.23. The Morgan fingerprint density at radius 3 is 1.07 bits per heavy atom. The van der Waals surface area contributed by atoms with Gasteiger partial charge in [-0.05, 0) is 96.3 Å². The maximum atomic E-state index is 12.8. The third-order valence-corrected chi connectivity index (χ3v) is 11.3. The van der Waals surface area contributed by atoms with Crippen LogP contribution < -0.4 is 0 Å². The largest absolute Gasteiger partial charge is 0.462 e. The van der Waals surface area contributed by atoms with Crippen LogP contribution in [0.1, 0.15) is 233 Å². The molecule has 0 bridgehead atoms. The van der Waals surface area contributed by atoms with Gasteiger partial charge in [-0.2, -0.15) is 0 Å². The van der Waals surface area contributed by atoms with Crippen molar-refractivity contribution < 1.29 is 28.6 Å². The van der Waals surface area contributed by atoms with Crippen LogP contribution in [0.3, 0.4) is 0 Å². The van der Waals surface area contributed by atoms with Crippen LogP contribution in [0.15, 0.2) is 122 Å². The summed E-state index contributed by atoms with van der Waals surface area (Å²) in [5.74, 6) is -0.954. The molecule has 0 saturated carbocycles. The van der Waals surface area contributed by atoms with Crippen LogP contribution in [0, 0.1) is 0 Å². The Morgan fingerprint density at radius 2 is 0.647 bits per heavy atom. The first kappa shape index (κ1) is 63.8. The Bertz CT molecular complexity index is 1450. The number of carbonyl (C=O) groups excluding carboxylic acids is 3. The second kappa shape index (κ2) is 55.4. The lowest BCUT2D eigenvalue weighted by Crippen LogP contribution is -2.30. The fraction of sp³-hybridized carbons (Fsp3) is 0.629. The molecule has 0 aromatic heterocycles. The van der Waals surface area contributed by atoms with E-state index in [9.17, 15) is 14.4 Å². The standard InChI is InChI=1S/C62H100O6/c1-4-7-10-13-16-19-22-25-27-29-31-33-34-37-40-43-46-49-52-55-61(64)67-58-59(57-66-60(63)54-51-48-45-42-39-36-24-21-18-15-12-9-6-3)68-62(65)56-53-50-47-44-41-38-35-32-30-28-26-23-20-17-14-11-8-5-2/h7,9-10,12,15-21,23-28,30,32,35,59H,4-6,8,11,13-14,22,29,31,33-34,36-58H2,1-3H3/b10-7-,12-9-,18-15-,19-16-,20-17-,24-21-,26-23-,27-25-,30-28-,35-32-. The van der Waals surface area contributed by atoms with Gasteiger partial charge in [0.25, 0.3) is 0 Å². The summed E-state index contributed by atoms with van der Waals surface area (Å²) in [5, 5.41) is 0. The van der Waals surface area contributed by atoms with Gasteiger partial charge >= 0.3 is 17.9 Å². The van der Waals surface area contributed by atoms with Crippen molar-refractivity contribution in [3.63, 3.8) is 0 Å². The average molecular weight is 941 g/mol. The van der Waals surface area contributed by atoms with E-state index in [1.807, 2.05) is 0 Å². The van der Waals surface area contributed by atoms with E-state index < -0.39 is 6.10 Å². The highest BCUT2D eigenvalue weighted by molar-refractivity contribution is 5.71. The second-order valence-corrected chi connectivity index (χ2v) is 17.9. The summed E-state index contributed by atoms with van der Waals surface area (Å²) in [6.45, 7) is 6.31. The highest BCUT2D eigenvalue weighted by atomic mass is 16.6. The van der Waals surface area contributed by atoms with Gasteiger partial charge in [0.05, 0.1) is 0 Å². The highest BCUT2D eigenvalue weighted by Gasteiger charge is 2.19. The molecule has 0 aromatic rings. The number of unbranched alkanes of at least 4 members (excludes halogenated alkanes) is 22. The summed E-state index contributed by atoms with van der Waals surface area (Å²) in [6.07, 6.45) is 76.1. The normalized spacial score (nSPS) is 13.0. The molecule has 0 N–H and O–H groups in total. The molecule has 0 amide bonds. The fourth-order valence-electron chi connectivity index (χ4n) is 7.23. The third kappa shape index (κ3) is 52.8. The number of rotatable bonds is 48. The van der Waals surface area contributed by atoms with Crippen molar-refractivity contribution >= 4 is 17.9 Å². The zero-order chi connectivity index (χ0) is 49.3. The van der Waals surface area contributed by atoms with Crippen molar-refractivity contribution in [2.45, 2.75) is 239 Å². The molecule has 0 fully saturated rings. The summed E-state index contributed by atoms with van der Waals surface area (Å²) in [4.78, 5) is 38.1. The number of hydrogen-bond donors (Lipinski definition) is 0.